The zero-order valence-corrected chi connectivity index (χ0v) is 16.9. The predicted octanol–water partition coefficient (Wildman–Crippen LogP) is 3.83. The molecule has 29 heavy (non-hydrogen) atoms. The van der Waals surface area contributed by atoms with Crippen LogP contribution >= 0.6 is 11.3 Å². The Morgan fingerprint density at radius 1 is 1.07 bits per heavy atom. The molecule has 3 heterocycles. The number of fused-ring (bicyclic) bond motifs is 1. The van der Waals surface area contributed by atoms with Gasteiger partial charge >= 0.3 is 0 Å². The van der Waals surface area contributed by atoms with Gasteiger partial charge in [-0.1, -0.05) is 36.4 Å². The van der Waals surface area contributed by atoms with E-state index >= 15 is 0 Å². The number of likely N-dealkylation sites (tertiary alicyclic amines) is 1. The van der Waals surface area contributed by atoms with E-state index in [9.17, 15) is 4.79 Å². The zero-order chi connectivity index (χ0) is 19.4. The van der Waals surface area contributed by atoms with Crippen LogP contribution in [0.1, 0.15) is 34.1 Å². The molecule has 0 spiro atoms. The van der Waals surface area contributed by atoms with E-state index in [1.807, 2.05) is 28.4 Å². The highest BCUT2D eigenvalue weighted by atomic mass is 32.1. The average molecular weight is 401 g/mol. The van der Waals surface area contributed by atoms with Crippen LogP contribution in [-0.4, -0.2) is 30.6 Å². The van der Waals surface area contributed by atoms with Crippen molar-refractivity contribution >= 4 is 43.9 Å². The molecule has 1 unspecified atom stereocenters. The number of amides is 1. The van der Waals surface area contributed by atoms with Crippen LogP contribution in [0.3, 0.4) is 0 Å². The molecule has 0 aliphatic carbocycles. The van der Waals surface area contributed by atoms with Crippen molar-refractivity contribution in [3.05, 3.63) is 71.2 Å². The van der Waals surface area contributed by atoms with E-state index in [1.54, 1.807) is 0 Å². The summed E-state index contributed by atoms with van der Waals surface area (Å²) >= 11 is 1.83. The van der Waals surface area contributed by atoms with E-state index in [0.717, 1.165) is 47.3 Å². The fourth-order valence-electron chi connectivity index (χ4n) is 4.93. The van der Waals surface area contributed by atoms with Gasteiger partial charge in [0.05, 0.1) is 40.5 Å². The summed E-state index contributed by atoms with van der Waals surface area (Å²) in [6.45, 7) is 2.88. The van der Waals surface area contributed by atoms with Crippen molar-refractivity contribution in [1.82, 2.24) is 4.98 Å². The SMILES string of the molecule is O=C1c2cccc3cccc(c23)N1C[NH+]1CCC[C@@H](c2nc3ccccc3s2)C1. The number of anilines is 1. The van der Waals surface area contributed by atoms with Gasteiger partial charge in [-0.05, 0) is 42.5 Å². The van der Waals surface area contributed by atoms with Gasteiger partial charge in [-0.2, -0.15) is 0 Å². The van der Waals surface area contributed by atoms with Crippen LogP contribution in [0, 0.1) is 0 Å². The molecule has 1 amide bonds. The van der Waals surface area contributed by atoms with E-state index in [4.69, 9.17) is 4.98 Å². The van der Waals surface area contributed by atoms with Gasteiger partial charge in [-0.3, -0.25) is 9.69 Å². The largest absolute Gasteiger partial charge is 0.317 e. The lowest BCUT2D eigenvalue weighted by Crippen LogP contribution is -3.15. The summed E-state index contributed by atoms with van der Waals surface area (Å²) in [7, 11) is 0. The third-order valence-electron chi connectivity index (χ3n) is 6.31. The van der Waals surface area contributed by atoms with E-state index < -0.39 is 0 Å². The Morgan fingerprint density at radius 3 is 2.83 bits per heavy atom. The minimum atomic E-state index is 0.145. The molecule has 3 aromatic carbocycles. The summed E-state index contributed by atoms with van der Waals surface area (Å²) in [5, 5.41) is 3.51. The van der Waals surface area contributed by atoms with Crippen LogP contribution < -0.4 is 9.80 Å². The summed E-state index contributed by atoms with van der Waals surface area (Å²) in [5.74, 6) is 0.624. The monoisotopic (exact) mass is 400 g/mol. The first-order valence-corrected chi connectivity index (χ1v) is 11.1. The number of carbonyl (C=O) groups is 1. The number of carbonyl (C=O) groups excluding carboxylic acids is 1. The lowest BCUT2D eigenvalue weighted by atomic mass is 9.99. The standard InChI is InChI=1S/C24H21N3OS/c28-24-18-9-3-6-16-7-4-11-20(22(16)18)27(24)15-26-13-5-8-17(14-26)23-25-19-10-1-2-12-21(19)29-23/h1-4,6-7,9-12,17H,5,8,13-15H2/p+1/t17-/m1/s1. The maximum Gasteiger partial charge on any atom is 0.263 e. The van der Waals surface area contributed by atoms with Crippen LogP contribution in [-0.2, 0) is 0 Å². The quantitative estimate of drug-likeness (QED) is 0.568. The van der Waals surface area contributed by atoms with Crippen LogP contribution in [0.15, 0.2) is 60.7 Å². The fraction of sp³-hybridized carbons (Fsp3) is 0.250. The van der Waals surface area contributed by atoms with Gasteiger partial charge in [0.15, 0.2) is 6.67 Å². The zero-order valence-electron chi connectivity index (χ0n) is 16.1. The summed E-state index contributed by atoms with van der Waals surface area (Å²) in [4.78, 5) is 21.5. The number of benzene rings is 3. The topological polar surface area (TPSA) is 37.6 Å². The first kappa shape index (κ1) is 17.1. The Hall–Kier alpha value is -2.76. The van der Waals surface area contributed by atoms with Crippen LogP contribution in [0.5, 0.6) is 0 Å². The number of para-hydroxylation sites is 1. The lowest BCUT2D eigenvalue weighted by Gasteiger charge is -2.31. The minimum Gasteiger partial charge on any atom is -0.317 e. The fourth-order valence-corrected chi connectivity index (χ4v) is 6.03. The number of piperidine rings is 1. The van der Waals surface area contributed by atoms with Crippen molar-refractivity contribution in [2.75, 3.05) is 24.7 Å². The Bertz CT molecular complexity index is 1210. The second-order valence-electron chi connectivity index (χ2n) is 8.14. The number of rotatable bonds is 3. The number of thiazole rings is 1. The Kier molecular flexibility index (Phi) is 3.93. The molecule has 5 heteroatoms. The summed E-state index contributed by atoms with van der Waals surface area (Å²) in [6.07, 6.45) is 2.36. The number of aromatic nitrogens is 1. The molecule has 1 fully saturated rings. The summed E-state index contributed by atoms with van der Waals surface area (Å²) < 4.78 is 1.27. The highest BCUT2D eigenvalue weighted by Gasteiger charge is 2.34. The third-order valence-corrected chi connectivity index (χ3v) is 7.51. The maximum absolute atomic E-state index is 13.1. The predicted molar refractivity (Wildman–Crippen MR) is 118 cm³/mol. The number of nitrogens with one attached hydrogen (secondary N) is 1. The Balaban J connectivity index is 1.26. The smallest absolute Gasteiger partial charge is 0.263 e. The maximum atomic E-state index is 13.1. The van der Waals surface area contributed by atoms with Crippen molar-refractivity contribution < 1.29 is 9.69 Å². The van der Waals surface area contributed by atoms with Crippen molar-refractivity contribution in [3.8, 4) is 0 Å². The number of hydrogen-bond acceptors (Lipinski definition) is 3. The molecule has 2 aliphatic heterocycles. The van der Waals surface area contributed by atoms with Gasteiger partial charge in [-0.25, -0.2) is 4.98 Å². The van der Waals surface area contributed by atoms with Crippen molar-refractivity contribution in [2.45, 2.75) is 18.8 Å². The van der Waals surface area contributed by atoms with Gasteiger partial charge in [0.25, 0.3) is 5.91 Å². The van der Waals surface area contributed by atoms with E-state index in [0.29, 0.717) is 5.92 Å². The number of nitrogens with zero attached hydrogens (tertiary/aromatic N) is 2. The molecular formula is C24H22N3OS+. The molecular weight excluding hydrogens is 378 g/mol. The second-order valence-corrected chi connectivity index (χ2v) is 9.20. The Labute approximate surface area is 173 Å². The second kappa shape index (κ2) is 6.65. The van der Waals surface area contributed by atoms with Crippen LogP contribution in [0.25, 0.3) is 21.0 Å². The van der Waals surface area contributed by atoms with Gasteiger partial charge in [0.1, 0.15) is 5.01 Å². The van der Waals surface area contributed by atoms with E-state index in [1.165, 1.54) is 27.4 Å². The van der Waals surface area contributed by atoms with Gasteiger partial charge in [-0.15, -0.1) is 11.3 Å². The molecule has 1 saturated heterocycles. The molecule has 2 aliphatic rings. The normalized spacial score (nSPS) is 21.4. The van der Waals surface area contributed by atoms with Gasteiger partial charge < -0.3 is 4.90 Å². The molecule has 6 rings (SSSR count). The highest BCUT2D eigenvalue weighted by Crippen LogP contribution is 2.36. The molecule has 0 saturated carbocycles. The van der Waals surface area contributed by atoms with Crippen molar-refractivity contribution in [2.24, 2.45) is 0 Å². The van der Waals surface area contributed by atoms with E-state index in [2.05, 4.69) is 48.5 Å². The van der Waals surface area contributed by atoms with Crippen LogP contribution in [0.4, 0.5) is 5.69 Å². The van der Waals surface area contributed by atoms with Gasteiger partial charge in [0.2, 0.25) is 0 Å². The molecule has 144 valence electrons. The summed E-state index contributed by atoms with van der Waals surface area (Å²) in [5.41, 5.74) is 3.02. The van der Waals surface area contributed by atoms with Gasteiger partial charge in [0, 0.05) is 5.39 Å². The number of hydrogen-bond donors (Lipinski definition) is 1. The first-order valence-electron chi connectivity index (χ1n) is 10.3. The Morgan fingerprint density at radius 2 is 1.93 bits per heavy atom. The highest BCUT2D eigenvalue weighted by molar-refractivity contribution is 7.18. The lowest BCUT2D eigenvalue weighted by molar-refractivity contribution is -0.905. The molecule has 1 N–H and O–H groups in total. The third kappa shape index (κ3) is 2.76. The molecule has 4 nitrogen and oxygen atoms in total. The van der Waals surface area contributed by atoms with Crippen molar-refractivity contribution in [3.63, 3.8) is 0 Å². The molecule has 0 radical (unpaired) electrons. The molecule has 0 bridgehead atoms. The average Bonchev–Trinajstić information content (AvgIpc) is 3.31. The molecule has 2 atom stereocenters. The van der Waals surface area contributed by atoms with E-state index in [-0.39, 0.29) is 5.91 Å². The first-order chi connectivity index (χ1) is 14.3. The van der Waals surface area contributed by atoms with Crippen LogP contribution in [0.2, 0.25) is 0 Å². The van der Waals surface area contributed by atoms with Crippen molar-refractivity contribution in [1.29, 1.82) is 0 Å². The molecule has 4 aromatic rings. The summed E-state index contributed by atoms with van der Waals surface area (Å²) in [6, 6.07) is 20.7. The molecule has 1 aromatic heterocycles. The number of quaternary nitrogens is 1. The minimum absolute atomic E-state index is 0.145.